The van der Waals surface area contributed by atoms with Crippen molar-refractivity contribution >= 4 is 11.8 Å². The van der Waals surface area contributed by atoms with E-state index in [1.807, 2.05) is 37.3 Å². The quantitative estimate of drug-likeness (QED) is 0.600. The first-order valence-electron chi connectivity index (χ1n) is 11.2. The van der Waals surface area contributed by atoms with Crippen LogP contribution in [-0.4, -0.2) is 35.0 Å². The number of nitrogens with one attached hydrogen (secondary N) is 1. The topological polar surface area (TPSA) is 75.4 Å². The minimum absolute atomic E-state index is 0.0138. The lowest BCUT2D eigenvalue weighted by Crippen LogP contribution is -2.51. The van der Waals surface area contributed by atoms with Crippen LogP contribution in [0, 0.1) is 11.2 Å². The highest BCUT2D eigenvalue weighted by Crippen LogP contribution is 2.37. The van der Waals surface area contributed by atoms with Crippen molar-refractivity contribution in [3.05, 3.63) is 77.8 Å². The predicted molar refractivity (Wildman–Crippen MR) is 123 cm³/mol. The van der Waals surface area contributed by atoms with Gasteiger partial charge >= 0.3 is 0 Å². The molecule has 7 heteroatoms. The zero-order valence-corrected chi connectivity index (χ0v) is 18.9. The molecule has 4 rings (SSSR count). The molecule has 33 heavy (non-hydrogen) atoms. The summed E-state index contributed by atoms with van der Waals surface area (Å²) in [5.41, 5.74) is 1.66. The molecule has 2 heterocycles. The van der Waals surface area contributed by atoms with E-state index in [-0.39, 0.29) is 23.7 Å². The van der Waals surface area contributed by atoms with Gasteiger partial charge < -0.3 is 14.7 Å². The zero-order chi connectivity index (χ0) is 23.4. The SMILES string of the molecule is CC(=O)N1CCC(Cc2cc(-c3ccc(F)cc3)no2)(C(=O)N[C@H](C)c2ccccc2)CC1. The maximum Gasteiger partial charge on any atom is 0.227 e. The average molecular weight is 450 g/mol. The van der Waals surface area contributed by atoms with Crippen LogP contribution in [0.4, 0.5) is 4.39 Å². The maximum absolute atomic E-state index is 13.6. The lowest BCUT2D eigenvalue weighted by molar-refractivity contribution is -0.140. The van der Waals surface area contributed by atoms with Crippen molar-refractivity contribution in [3.8, 4) is 11.3 Å². The predicted octanol–water partition coefficient (Wildman–Crippen LogP) is 4.53. The lowest BCUT2D eigenvalue weighted by atomic mass is 9.73. The normalized spacial score (nSPS) is 16.3. The third-order valence-electron chi connectivity index (χ3n) is 6.51. The number of carbonyl (C=O) groups is 2. The summed E-state index contributed by atoms with van der Waals surface area (Å²) in [5.74, 6) is 0.234. The van der Waals surface area contributed by atoms with Crippen molar-refractivity contribution in [1.29, 1.82) is 0 Å². The van der Waals surface area contributed by atoms with Crippen molar-refractivity contribution in [2.24, 2.45) is 5.41 Å². The van der Waals surface area contributed by atoms with Crippen molar-refractivity contribution in [3.63, 3.8) is 0 Å². The molecule has 172 valence electrons. The van der Waals surface area contributed by atoms with Crippen LogP contribution in [0.5, 0.6) is 0 Å². The Balaban J connectivity index is 1.55. The number of amides is 2. The van der Waals surface area contributed by atoms with Crippen molar-refractivity contribution in [1.82, 2.24) is 15.4 Å². The van der Waals surface area contributed by atoms with E-state index in [1.54, 1.807) is 30.0 Å². The molecule has 3 aromatic rings. The van der Waals surface area contributed by atoms with Gasteiger partial charge in [-0.2, -0.15) is 0 Å². The number of carbonyl (C=O) groups excluding carboxylic acids is 2. The summed E-state index contributed by atoms with van der Waals surface area (Å²) >= 11 is 0. The Morgan fingerprint density at radius 3 is 2.42 bits per heavy atom. The number of piperidine rings is 1. The molecule has 1 N–H and O–H groups in total. The van der Waals surface area contributed by atoms with Gasteiger partial charge in [-0.15, -0.1) is 0 Å². The smallest absolute Gasteiger partial charge is 0.227 e. The van der Waals surface area contributed by atoms with E-state index in [4.69, 9.17) is 4.52 Å². The molecule has 0 aliphatic carbocycles. The molecule has 0 saturated carbocycles. The number of halogens is 1. The maximum atomic E-state index is 13.6. The van der Waals surface area contributed by atoms with E-state index in [9.17, 15) is 14.0 Å². The van der Waals surface area contributed by atoms with Gasteiger partial charge in [-0.3, -0.25) is 9.59 Å². The monoisotopic (exact) mass is 449 g/mol. The van der Waals surface area contributed by atoms with E-state index in [0.717, 1.165) is 11.1 Å². The first-order chi connectivity index (χ1) is 15.9. The third kappa shape index (κ3) is 5.13. The van der Waals surface area contributed by atoms with Gasteiger partial charge in [0.2, 0.25) is 11.8 Å². The highest BCUT2D eigenvalue weighted by atomic mass is 19.1. The van der Waals surface area contributed by atoms with Crippen molar-refractivity contribution < 1.29 is 18.5 Å². The summed E-state index contributed by atoms with van der Waals surface area (Å²) < 4.78 is 18.8. The Morgan fingerprint density at radius 1 is 1.12 bits per heavy atom. The molecule has 0 radical (unpaired) electrons. The Kier molecular flexibility index (Phi) is 6.58. The number of benzene rings is 2. The van der Waals surface area contributed by atoms with Gasteiger partial charge in [0.15, 0.2) is 0 Å². The van der Waals surface area contributed by atoms with Crippen LogP contribution in [0.25, 0.3) is 11.3 Å². The molecule has 1 atom stereocenters. The summed E-state index contributed by atoms with van der Waals surface area (Å²) in [6, 6.07) is 17.5. The largest absolute Gasteiger partial charge is 0.361 e. The van der Waals surface area contributed by atoms with E-state index in [2.05, 4.69) is 10.5 Å². The van der Waals surface area contributed by atoms with E-state index in [0.29, 0.717) is 43.8 Å². The van der Waals surface area contributed by atoms with Gasteiger partial charge in [0, 0.05) is 38.1 Å². The van der Waals surface area contributed by atoms with Crippen LogP contribution in [0.15, 0.2) is 65.2 Å². The molecule has 1 aliphatic heterocycles. The third-order valence-corrected chi connectivity index (χ3v) is 6.51. The summed E-state index contributed by atoms with van der Waals surface area (Å²) in [4.78, 5) is 27.2. The Morgan fingerprint density at radius 2 is 1.79 bits per heavy atom. The summed E-state index contributed by atoms with van der Waals surface area (Å²) in [6.45, 7) is 4.55. The Labute approximate surface area is 192 Å². The van der Waals surface area contributed by atoms with Crippen molar-refractivity contribution in [2.45, 2.75) is 39.2 Å². The van der Waals surface area contributed by atoms with Crippen molar-refractivity contribution in [2.75, 3.05) is 13.1 Å². The summed E-state index contributed by atoms with van der Waals surface area (Å²) in [6.07, 6.45) is 1.44. The number of rotatable bonds is 6. The standard InChI is InChI=1S/C26H28FN3O3/c1-18(20-6-4-3-5-7-20)28-25(32)26(12-14-30(15-13-26)19(2)31)17-23-16-24(29-33-23)21-8-10-22(27)11-9-21/h3-11,16,18H,12-15,17H2,1-2H3,(H,28,32)/t18-/m1/s1. The van der Waals surface area contributed by atoms with E-state index in [1.165, 1.54) is 12.1 Å². The second kappa shape index (κ2) is 9.57. The fourth-order valence-electron chi connectivity index (χ4n) is 4.40. The van der Waals surface area contributed by atoms with Gasteiger partial charge in [-0.1, -0.05) is 35.5 Å². The molecule has 1 saturated heterocycles. The Bertz CT molecular complexity index is 1100. The molecule has 0 spiro atoms. The highest BCUT2D eigenvalue weighted by molar-refractivity contribution is 5.84. The van der Waals surface area contributed by atoms with Gasteiger partial charge in [0.25, 0.3) is 0 Å². The molecule has 0 bridgehead atoms. The molecule has 1 aliphatic rings. The van der Waals surface area contributed by atoms with Crippen LogP contribution in [0.3, 0.4) is 0 Å². The fraction of sp³-hybridized carbons (Fsp3) is 0.346. The second-order valence-corrected chi connectivity index (χ2v) is 8.75. The molecule has 1 fully saturated rings. The number of hydrogen-bond donors (Lipinski definition) is 1. The highest BCUT2D eigenvalue weighted by Gasteiger charge is 2.43. The number of nitrogens with zero attached hydrogens (tertiary/aromatic N) is 2. The van der Waals surface area contributed by atoms with Gasteiger partial charge in [0.1, 0.15) is 17.3 Å². The van der Waals surface area contributed by atoms with Crippen LogP contribution in [0.1, 0.15) is 44.1 Å². The first kappa shape index (κ1) is 22.7. The van der Waals surface area contributed by atoms with E-state index >= 15 is 0 Å². The second-order valence-electron chi connectivity index (χ2n) is 8.75. The molecular formula is C26H28FN3O3. The summed E-state index contributed by atoms with van der Waals surface area (Å²) in [5, 5.41) is 7.30. The van der Waals surface area contributed by atoms with Crippen LogP contribution in [-0.2, 0) is 16.0 Å². The van der Waals surface area contributed by atoms with Gasteiger partial charge in [-0.05, 0) is 49.6 Å². The fourth-order valence-corrected chi connectivity index (χ4v) is 4.40. The number of aromatic nitrogens is 1. The molecule has 0 unspecified atom stereocenters. The molecule has 2 aromatic carbocycles. The number of likely N-dealkylation sites (tertiary alicyclic amines) is 1. The van der Waals surface area contributed by atoms with Gasteiger partial charge in [0.05, 0.1) is 11.5 Å². The minimum Gasteiger partial charge on any atom is -0.361 e. The lowest BCUT2D eigenvalue weighted by Gasteiger charge is -2.40. The minimum atomic E-state index is -0.714. The van der Waals surface area contributed by atoms with E-state index < -0.39 is 5.41 Å². The molecular weight excluding hydrogens is 421 g/mol. The average Bonchev–Trinajstić information content (AvgIpc) is 3.28. The summed E-state index contributed by atoms with van der Waals surface area (Å²) in [7, 11) is 0. The number of hydrogen-bond acceptors (Lipinski definition) is 4. The Hall–Kier alpha value is -3.48. The zero-order valence-electron chi connectivity index (χ0n) is 18.9. The van der Waals surface area contributed by atoms with Gasteiger partial charge in [-0.25, -0.2) is 4.39 Å². The van der Waals surface area contributed by atoms with Crippen LogP contribution < -0.4 is 5.32 Å². The molecule has 1 aromatic heterocycles. The molecule has 6 nitrogen and oxygen atoms in total. The van der Waals surface area contributed by atoms with Crippen LogP contribution >= 0.6 is 0 Å². The van der Waals surface area contributed by atoms with Crippen LogP contribution in [0.2, 0.25) is 0 Å². The molecule has 2 amide bonds. The first-order valence-corrected chi connectivity index (χ1v) is 11.2.